The first-order valence-corrected chi connectivity index (χ1v) is 10.6. The molecule has 0 spiro atoms. The number of benzene rings is 1. The maximum absolute atomic E-state index is 12.8. The molecule has 4 aliphatic rings. The lowest BCUT2D eigenvalue weighted by molar-refractivity contribution is 0.0739. The van der Waals surface area contributed by atoms with E-state index < -0.39 is 0 Å². The molecule has 4 fully saturated rings. The molecule has 3 heterocycles. The number of nitrogens with zero attached hydrogens (tertiary/aromatic N) is 3. The molecule has 1 unspecified atom stereocenters. The number of amides is 1. The highest BCUT2D eigenvalue weighted by atomic mass is 32.1. The number of fused-ring (bicyclic) bond motifs is 4. The van der Waals surface area contributed by atoms with Gasteiger partial charge in [0.1, 0.15) is 0 Å². The van der Waals surface area contributed by atoms with E-state index in [1.54, 1.807) is 4.31 Å². The van der Waals surface area contributed by atoms with Crippen molar-refractivity contribution in [3.8, 4) is 0 Å². The van der Waals surface area contributed by atoms with E-state index in [9.17, 15) is 4.79 Å². The van der Waals surface area contributed by atoms with Crippen LogP contribution in [0.25, 0.3) is 0 Å². The normalized spacial score (nSPS) is 27.4. The van der Waals surface area contributed by atoms with Crippen LogP contribution in [-0.2, 0) is 0 Å². The minimum absolute atomic E-state index is 0.216. The Balaban J connectivity index is 0.000000481. The van der Waals surface area contributed by atoms with Crippen molar-refractivity contribution in [3.63, 3.8) is 0 Å². The van der Waals surface area contributed by atoms with Gasteiger partial charge < -0.3 is 15.5 Å². The lowest BCUT2D eigenvalue weighted by Gasteiger charge is -2.23. The smallest absolute Gasteiger partial charge is 0.253 e. The zero-order valence-electron chi connectivity index (χ0n) is 16.7. The Morgan fingerprint density at radius 1 is 1.00 bits per heavy atom. The van der Waals surface area contributed by atoms with Gasteiger partial charge in [-0.3, -0.25) is 9.10 Å². The van der Waals surface area contributed by atoms with Gasteiger partial charge in [-0.15, -0.1) is 0 Å². The zero-order valence-corrected chi connectivity index (χ0v) is 17.6. The highest BCUT2D eigenvalue weighted by molar-refractivity contribution is 7.77. The Kier molecular flexibility index (Phi) is 7.06. The number of carbonyl (C=O) groups excluding carboxylic acids is 1. The molecule has 1 aromatic rings. The van der Waals surface area contributed by atoms with Crippen molar-refractivity contribution >= 4 is 24.4 Å². The topological polar surface area (TPSA) is 52.8 Å². The van der Waals surface area contributed by atoms with Crippen molar-refractivity contribution in [2.45, 2.75) is 38.1 Å². The van der Waals surface area contributed by atoms with Crippen LogP contribution in [-0.4, -0.2) is 61.4 Å². The van der Waals surface area contributed by atoms with Gasteiger partial charge in [0, 0.05) is 43.5 Å². The number of anilines is 1. The second kappa shape index (κ2) is 9.30. The Morgan fingerprint density at radius 2 is 1.52 bits per heavy atom. The number of hydrogen-bond acceptors (Lipinski definition) is 5. The standard InChI is InChI=1S/C19H27N3O.C2H7NS/c20-17-9-10-21(13-17)18-7-5-16(6-8-18)19(23)22-11-14-1-2-15(12-22)4-3-14;1-3(2)4/h5-8,14-15,17H,1-4,9-13,20H2;4H,1-2H3. The molecule has 6 heteroatoms. The maximum atomic E-state index is 12.8. The van der Waals surface area contributed by atoms with Gasteiger partial charge in [0.15, 0.2) is 0 Å². The molecule has 27 heavy (non-hydrogen) atoms. The average Bonchev–Trinajstić information content (AvgIpc) is 2.87. The molecule has 0 radical (unpaired) electrons. The third-order valence-corrected chi connectivity index (χ3v) is 5.91. The molecule has 2 bridgehead atoms. The molecule has 1 aliphatic carbocycles. The van der Waals surface area contributed by atoms with E-state index in [1.807, 2.05) is 26.2 Å². The summed E-state index contributed by atoms with van der Waals surface area (Å²) in [7, 11) is 3.73. The fraction of sp³-hybridized carbons (Fsp3) is 0.667. The minimum Gasteiger partial charge on any atom is -0.370 e. The third kappa shape index (κ3) is 5.62. The van der Waals surface area contributed by atoms with E-state index in [2.05, 4.69) is 34.7 Å². The van der Waals surface area contributed by atoms with Gasteiger partial charge in [0.2, 0.25) is 0 Å². The summed E-state index contributed by atoms with van der Waals surface area (Å²) in [6.45, 7) is 3.85. The molecule has 5 rings (SSSR count). The fourth-order valence-electron chi connectivity index (χ4n) is 4.48. The van der Waals surface area contributed by atoms with E-state index in [1.165, 1.54) is 31.4 Å². The fourth-order valence-corrected chi connectivity index (χ4v) is 4.48. The van der Waals surface area contributed by atoms with Gasteiger partial charge in [-0.1, -0.05) is 12.8 Å². The molecule has 150 valence electrons. The quantitative estimate of drug-likeness (QED) is 0.763. The first kappa shape index (κ1) is 20.5. The molecule has 1 amide bonds. The van der Waals surface area contributed by atoms with E-state index in [4.69, 9.17) is 5.73 Å². The molecule has 2 N–H and O–H groups in total. The summed E-state index contributed by atoms with van der Waals surface area (Å²) in [5.74, 6) is 1.67. The number of carbonyl (C=O) groups is 1. The molecule has 1 atom stereocenters. The van der Waals surface area contributed by atoms with Crippen LogP contribution in [0.3, 0.4) is 0 Å². The third-order valence-electron chi connectivity index (χ3n) is 5.91. The summed E-state index contributed by atoms with van der Waals surface area (Å²) in [6.07, 6.45) is 6.29. The van der Waals surface area contributed by atoms with Gasteiger partial charge in [-0.05, 0) is 82.3 Å². The number of hydrogen-bond donors (Lipinski definition) is 2. The summed E-state index contributed by atoms with van der Waals surface area (Å²) in [5.41, 5.74) is 8.00. The van der Waals surface area contributed by atoms with Crippen LogP contribution in [0.2, 0.25) is 0 Å². The van der Waals surface area contributed by atoms with E-state index >= 15 is 0 Å². The highest BCUT2D eigenvalue weighted by Gasteiger charge is 2.32. The van der Waals surface area contributed by atoms with Crippen molar-refractivity contribution in [2.24, 2.45) is 17.6 Å². The number of thiol groups is 1. The van der Waals surface area contributed by atoms with Crippen LogP contribution >= 0.6 is 12.8 Å². The summed E-state index contributed by atoms with van der Waals surface area (Å²) in [6, 6.07) is 8.43. The molecule has 5 nitrogen and oxygen atoms in total. The van der Waals surface area contributed by atoms with E-state index in [-0.39, 0.29) is 11.9 Å². The van der Waals surface area contributed by atoms with Crippen molar-refractivity contribution in [1.29, 1.82) is 0 Å². The predicted molar refractivity (Wildman–Crippen MR) is 115 cm³/mol. The van der Waals surface area contributed by atoms with Gasteiger partial charge in [0.05, 0.1) is 0 Å². The molecule has 3 saturated heterocycles. The van der Waals surface area contributed by atoms with Crippen LogP contribution in [0.15, 0.2) is 24.3 Å². The summed E-state index contributed by atoms with van der Waals surface area (Å²) >= 11 is 3.80. The Bertz CT molecular complexity index is 596. The molecule has 3 aliphatic heterocycles. The summed E-state index contributed by atoms with van der Waals surface area (Å²) in [5, 5.41) is 0. The number of rotatable bonds is 2. The first-order valence-electron chi connectivity index (χ1n) is 10.2. The number of nitrogens with two attached hydrogens (primary N) is 1. The molecular weight excluding hydrogens is 356 g/mol. The zero-order chi connectivity index (χ0) is 19.4. The van der Waals surface area contributed by atoms with Gasteiger partial charge >= 0.3 is 0 Å². The lowest BCUT2D eigenvalue weighted by Crippen LogP contribution is -2.34. The average molecular weight is 391 g/mol. The van der Waals surface area contributed by atoms with Crippen molar-refractivity contribution < 1.29 is 4.79 Å². The van der Waals surface area contributed by atoms with Crippen molar-refractivity contribution in [3.05, 3.63) is 29.8 Å². The van der Waals surface area contributed by atoms with Gasteiger partial charge in [-0.25, -0.2) is 0 Å². The lowest BCUT2D eigenvalue weighted by atomic mass is 9.84. The molecule has 1 aromatic carbocycles. The van der Waals surface area contributed by atoms with Crippen LogP contribution in [0.5, 0.6) is 0 Å². The van der Waals surface area contributed by atoms with Crippen LogP contribution in [0.1, 0.15) is 42.5 Å². The van der Waals surface area contributed by atoms with Gasteiger partial charge in [-0.2, -0.15) is 0 Å². The van der Waals surface area contributed by atoms with Crippen molar-refractivity contribution in [1.82, 2.24) is 9.21 Å². The molecular formula is C21H34N4OS. The van der Waals surface area contributed by atoms with Crippen LogP contribution < -0.4 is 10.6 Å². The summed E-state index contributed by atoms with van der Waals surface area (Å²) < 4.78 is 1.69. The predicted octanol–water partition coefficient (Wildman–Crippen LogP) is 2.88. The summed E-state index contributed by atoms with van der Waals surface area (Å²) in [4.78, 5) is 17.3. The maximum Gasteiger partial charge on any atom is 0.253 e. The minimum atomic E-state index is 0.216. The van der Waals surface area contributed by atoms with E-state index in [0.29, 0.717) is 0 Å². The monoisotopic (exact) mass is 390 g/mol. The largest absolute Gasteiger partial charge is 0.370 e. The van der Waals surface area contributed by atoms with Crippen molar-refractivity contribution in [2.75, 3.05) is 45.2 Å². The first-order chi connectivity index (χ1) is 12.9. The van der Waals surface area contributed by atoms with E-state index in [0.717, 1.165) is 50.0 Å². The molecule has 0 aromatic heterocycles. The molecule has 1 saturated carbocycles. The van der Waals surface area contributed by atoms with Crippen LogP contribution in [0.4, 0.5) is 5.69 Å². The Labute approximate surface area is 169 Å². The van der Waals surface area contributed by atoms with Gasteiger partial charge in [0.25, 0.3) is 5.91 Å². The Hall–Kier alpha value is -1.24. The second-order valence-electron chi connectivity index (χ2n) is 8.49. The Morgan fingerprint density at radius 3 is 1.96 bits per heavy atom. The highest BCUT2D eigenvalue weighted by Crippen LogP contribution is 2.34. The SMILES string of the molecule is CN(C)S.NC1CCN(c2ccc(C(=O)N3CC4CCC(CC4)C3)cc2)C1. The second-order valence-corrected chi connectivity index (χ2v) is 9.29. The van der Waals surface area contributed by atoms with Crippen LogP contribution in [0, 0.1) is 11.8 Å².